The highest BCUT2D eigenvalue weighted by molar-refractivity contribution is 7.17. The highest BCUT2D eigenvalue weighted by Crippen LogP contribution is 2.39. The molecule has 3 aromatic rings. The molecule has 2 N–H and O–H groups in total. The van der Waals surface area contributed by atoms with Crippen LogP contribution in [0.2, 0.25) is 0 Å². The number of hydrogen-bond acceptors (Lipinski definition) is 7. The van der Waals surface area contributed by atoms with Gasteiger partial charge in [-0.1, -0.05) is 30.3 Å². The van der Waals surface area contributed by atoms with E-state index in [4.69, 9.17) is 14.2 Å². The second-order valence-electron chi connectivity index (χ2n) is 8.31. The number of methoxy groups -OCH3 is 2. The summed E-state index contributed by atoms with van der Waals surface area (Å²) < 4.78 is 15.8. The number of amides is 3. The maximum atomic E-state index is 13.6. The number of carbonyl (C=O) groups is 3. The molecule has 0 saturated carbocycles. The van der Waals surface area contributed by atoms with Crippen molar-refractivity contribution in [3.63, 3.8) is 0 Å². The lowest BCUT2D eigenvalue weighted by molar-refractivity contribution is -0.115. The van der Waals surface area contributed by atoms with Crippen LogP contribution in [0.4, 0.5) is 15.5 Å². The third kappa shape index (κ3) is 6.03. The summed E-state index contributed by atoms with van der Waals surface area (Å²) >= 11 is 1.30. The maximum Gasteiger partial charge on any atom is 0.410 e. The molecule has 0 atom stereocenters. The molecule has 0 saturated heterocycles. The third-order valence-electron chi connectivity index (χ3n) is 5.93. The summed E-state index contributed by atoms with van der Waals surface area (Å²) in [5.41, 5.74) is 2.54. The molecule has 10 heteroatoms. The van der Waals surface area contributed by atoms with Crippen molar-refractivity contribution in [3.8, 4) is 11.5 Å². The summed E-state index contributed by atoms with van der Waals surface area (Å²) in [5.74, 6) is 0.430. The molecular formula is C27H29N3O6S. The molecule has 0 radical (unpaired) electrons. The van der Waals surface area contributed by atoms with Gasteiger partial charge in [-0.25, -0.2) is 4.79 Å². The molecule has 1 aromatic heterocycles. The van der Waals surface area contributed by atoms with Gasteiger partial charge in [-0.05, 0) is 36.6 Å². The van der Waals surface area contributed by atoms with Crippen molar-refractivity contribution in [3.05, 3.63) is 70.1 Å². The van der Waals surface area contributed by atoms with Gasteiger partial charge in [0.25, 0.3) is 5.91 Å². The number of thiophene rings is 1. The predicted molar refractivity (Wildman–Crippen MR) is 142 cm³/mol. The van der Waals surface area contributed by atoms with Crippen LogP contribution in [0.5, 0.6) is 11.5 Å². The highest BCUT2D eigenvalue weighted by Gasteiger charge is 2.31. The van der Waals surface area contributed by atoms with E-state index in [1.807, 2.05) is 30.3 Å². The first-order chi connectivity index (χ1) is 17.9. The summed E-state index contributed by atoms with van der Waals surface area (Å²) in [6, 6.07) is 14.5. The van der Waals surface area contributed by atoms with Gasteiger partial charge in [-0.2, -0.15) is 0 Å². The van der Waals surface area contributed by atoms with Crippen molar-refractivity contribution in [2.45, 2.75) is 26.3 Å². The van der Waals surface area contributed by atoms with Crippen LogP contribution in [0, 0.1) is 0 Å². The molecule has 0 spiro atoms. The topological polar surface area (TPSA) is 106 Å². The predicted octanol–water partition coefficient (Wildman–Crippen LogP) is 4.71. The van der Waals surface area contributed by atoms with E-state index < -0.39 is 6.09 Å². The quantitative estimate of drug-likeness (QED) is 0.443. The van der Waals surface area contributed by atoms with Crippen molar-refractivity contribution in [2.24, 2.45) is 0 Å². The second kappa shape index (κ2) is 11.8. The summed E-state index contributed by atoms with van der Waals surface area (Å²) in [5, 5.41) is 6.29. The second-order valence-corrected chi connectivity index (χ2v) is 9.41. The molecular weight excluding hydrogens is 494 g/mol. The minimum Gasteiger partial charge on any atom is -0.497 e. The van der Waals surface area contributed by atoms with Crippen LogP contribution < -0.4 is 20.1 Å². The van der Waals surface area contributed by atoms with Gasteiger partial charge < -0.3 is 29.7 Å². The molecule has 4 rings (SSSR count). The van der Waals surface area contributed by atoms with Gasteiger partial charge >= 0.3 is 6.09 Å². The molecule has 1 aliphatic heterocycles. The zero-order valence-corrected chi connectivity index (χ0v) is 21.8. The number of nitrogens with one attached hydrogen (secondary N) is 2. The zero-order chi connectivity index (χ0) is 26.4. The van der Waals surface area contributed by atoms with Gasteiger partial charge in [-0.15, -0.1) is 11.3 Å². The van der Waals surface area contributed by atoms with Gasteiger partial charge in [0, 0.05) is 17.5 Å². The molecule has 2 heterocycles. The number of fused-ring (bicyclic) bond motifs is 1. The van der Waals surface area contributed by atoms with Gasteiger partial charge in [-0.3, -0.25) is 9.59 Å². The molecule has 0 bridgehead atoms. The molecule has 0 unspecified atom stereocenters. The van der Waals surface area contributed by atoms with Crippen molar-refractivity contribution in [1.29, 1.82) is 0 Å². The van der Waals surface area contributed by atoms with E-state index in [1.165, 1.54) is 18.4 Å². The van der Waals surface area contributed by atoms with E-state index >= 15 is 0 Å². The Bertz CT molecular complexity index is 1290. The summed E-state index contributed by atoms with van der Waals surface area (Å²) in [7, 11) is 3.06. The Kier molecular flexibility index (Phi) is 8.29. The van der Waals surface area contributed by atoms with E-state index in [2.05, 4.69) is 10.6 Å². The van der Waals surface area contributed by atoms with E-state index in [9.17, 15) is 14.4 Å². The highest BCUT2D eigenvalue weighted by atomic mass is 32.1. The first kappa shape index (κ1) is 26.0. The van der Waals surface area contributed by atoms with Gasteiger partial charge in [0.2, 0.25) is 5.91 Å². The lowest BCUT2D eigenvalue weighted by Gasteiger charge is -2.26. The van der Waals surface area contributed by atoms with Crippen molar-refractivity contribution < 1.29 is 28.6 Å². The molecule has 9 nitrogen and oxygen atoms in total. The number of carbonyl (C=O) groups excluding carboxylic acids is 3. The molecule has 3 amide bonds. The van der Waals surface area contributed by atoms with Crippen LogP contribution in [0.3, 0.4) is 0 Å². The number of nitrogens with zero attached hydrogens (tertiary/aromatic N) is 1. The lowest BCUT2D eigenvalue weighted by atomic mass is 10.0. The standard InChI is InChI=1S/C27H29N3O6S/c1-4-36-27(33)30-13-12-19-22(16-30)37-26(29-23(31)14-17-8-6-5-7-9-17)24(19)25(32)28-20-11-10-18(34-2)15-21(20)35-3/h5-11,15H,4,12-14,16H2,1-3H3,(H,28,32)(H,29,31). The molecule has 37 heavy (non-hydrogen) atoms. The number of hydrogen-bond donors (Lipinski definition) is 2. The molecule has 0 fully saturated rings. The fourth-order valence-electron chi connectivity index (χ4n) is 4.14. The van der Waals surface area contributed by atoms with Crippen LogP contribution in [-0.4, -0.2) is 50.2 Å². The van der Waals surface area contributed by atoms with E-state index in [0.29, 0.717) is 47.3 Å². The third-order valence-corrected chi connectivity index (χ3v) is 7.06. The van der Waals surface area contributed by atoms with Gasteiger partial charge in [0.1, 0.15) is 16.5 Å². The van der Waals surface area contributed by atoms with Crippen molar-refractivity contribution in [2.75, 3.05) is 38.0 Å². The Balaban J connectivity index is 1.64. The summed E-state index contributed by atoms with van der Waals surface area (Å²) in [4.78, 5) is 41.3. The maximum absolute atomic E-state index is 13.6. The first-order valence-electron chi connectivity index (χ1n) is 11.9. The number of rotatable bonds is 8. The Morgan fingerprint density at radius 1 is 1.03 bits per heavy atom. The normalized spacial score (nSPS) is 12.4. The van der Waals surface area contributed by atoms with Crippen LogP contribution in [0.1, 0.15) is 33.3 Å². The molecule has 194 valence electrons. The largest absolute Gasteiger partial charge is 0.497 e. The fraction of sp³-hybridized carbons (Fsp3) is 0.296. The van der Waals surface area contributed by atoms with Gasteiger partial charge in [0.15, 0.2) is 0 Å². The lowest BCUT2D eigenvalue weighted by Crippen LogP contribution is -2.36. The average molecular weight is 524 g/mol. The monoisotopic (exact) mass is 523 g/mol. The van der Waals surface area contributed by atoms with E-state index in [0.717, 1.165) is 16.0 Å². The summed E-state index contributed by atoms with van der Waals surface area (Å²) in [6.45, 7) is 2.76. The van der Waals surface area contributed by atoms with Gasteiger partial charge in [0.05, 0.1) is 45.0 Å². The minimum absolute atomic E-state index is 0.172. The SMILES string of the molecule is CCOC(=O)N1CCc2c(sc(NC(=O)Cc3ccccc3)c2C(=O)Nc2ccc(OC)cc2OC)C1. The smallest absolute Gasteiger partial charge is 0.410 e. The van der Waals surface area contributed by atoms with Crippen LogP contribution in [0.25, 0.3) is 0 Å². The van der Waals surface area contributed by atoms with E-state index in [1.54, 1.807) is 37.1 Å². The summed E-state index contributed by atoms with van der Waals surface area (Å²) in [6.07, 6.45) is 0.234. The van der Waals surface area contributed by atoms with Crippen molar-refractivity contribution >= 4 is 39.9 Å². The van der Waals surface area contributed by atoms with Crippen LogP contribution >= 0.6 is 11.3 Å². The van der Waals surface area contributed by atoms with Crippen LogP contribution in [-0.2, 0) is 28.9 Å². The fourth-order valence-corrected chi connectivity index (χ4v) is 5.42. The molecule has 1 aliphatic rings. The Hall–Kier alpha value is -4.05. The molecule has 2 aromatic carbocycles. The molecule has 0 aliphatic carbocycles. The minimum atomic E-state index is -0.398. The van der Waals surface area contributed by atoms with Crippen molar-refractivity contribution in [1.82, 2.24) is 4.90 Å². The zero-order valence-electron chi connectivity index (χ0n) is 21.0. The Labute approximate surface area is 219 Å². The number of anilines is 2. The average Bonchev–Trinajstić information content (AvgIpc) is 3.26. The Morgan fingerprint density at radius 2 is 1.81 bits per heavy atom. The first-order valence-corrected chi connectivity index (χ1v) is 12.7. The van der Waals surface area contributed by atoms with E-state index in [-0.39, 0.29) is 24.8 Å². The van der Waals surface area contributed by atoms with Crippen LogP contribution in [0.15, 0.2) is 48.5 Å². The Morgan fingerprint density at radius 3 is 2.51 bits per heavy atom. The number of ether oxygens (including phenoxy) is 3. The number of benzene rings is 2.